The van der Waals surface area contributed by atoms with Gasteiger partial charge in [-0.05, 0) is 57.8 Å². The Morgan fingerprint density at radius 1 is 1.12 bits per heavy atom. The van der Waals surface area contributed by atoms with Gasteiger partial charge in [-0.3, -0.25) is 14.4 Å². The molecule has 3 fully saturated rings. The average molecular weight is 561 g/mol. The molecule has 2 amide bonds. The van der Waals surface area contributed by atoms with Crippen molar-refractivity contribution in [1.82, 2.24) is 9.80 Å². The van der Waals surface area contributed by atoms with Crippen LogP contribution in [0.2, 0.25) is 0 Å². The van der Waals surface area contributed by atoms with Crippen molar-refractivity contribution in [2.24, 2.45) is 17.8 Å². The minimum absolute atomic E-state index is 0.0115. The van der Waals surface area contributed by atoms with Crippen LogP contribution in [0, 0.1) is 17.8 Å². The Morgan fingerprint density at radius 3 is 2.55 bits per heavy atom. The predicted octanol–water partition coefficient (Wildman–Crippen LogP) is 4.65. The first-order valence-corrected chi connectivity index (χ1v) is 15.5. The first kappa shape index (κ1) is 32.3. The summed E-state index contributed by atoms with van der Waals surface area (Å²) in [5.41, 5.74) is -1.92. The average Bonchev–Trinajstić information content (AvgIpc) is 3.44. The lowest BCUT2D eigenvalue weighted by Gasteiger charge is -2.37. The summed E-state index contributed by atoms with van der Waals surface area (Å²) in [5.74, 6) is -2.17. The van der Waals surface area contributed by atoms with Gasteiger partial charge < -0.3 is 24.4 Å². The van der Waals surface area contributed by atoms with Gasteiger partial charge in [-0.1, -0.05) is 51.7 Å². The Kier molecular flexibility index (Phi) is 11.8. The molecule has 3 heterocycles. The molecule has 3 aliphatic heterocycles. The van der Waals surface area contributed by atoms with E-state index in [1.54, 1.807) is 11.0 Å². The van der Waals surface area contributed by atoms with E-state index in [-0.39, 0.29) is 24.3 Å². The van der Waals surface area contributed by atoms with Crippen LogP contribution < -0.4 is 0 Å². The molecule has 0 saturated carbocycles. The van der Waals surface area contributed by atoms with Crippen molar-refractivity contribution in [3.63, 3.8) is 0 Å². The Bertz CT molecular complexity index is 908. The van der Waals surface area contributed by atoms with Gasteiger partial charge in [0.25, 0.3) is 0 Å². The van der Waals surface area contributed by atoms with Crippen molar-refractivity contribution >= 4 is 17.8 Å². The summed E-state index contributed by atoms with van der Waals surface area (Å²) in [7, 11) is 0. The number of likely N-dealkylation sites (tertiary alicyclic amines) is 1. The molecule has 0 aliphatic carbocycles. The number of aliphatic hydroxyl groups excluding tert-OH is 1. The second kappa shape index (κ2) is 14.6. The highest BCUT2D eigenvalue weighted by Crippen LogP contribution is 2.65. The second-order valence-corrected chi connectivity index (χ2v) is 12.1. The van der Waals surface area contributed by atoms with E-state index in [4.69, 9.17) is 14.6 Å². The van der Waals surface area contributed by atoms with Crippen molar-refractivity contribution in [3.8, 4) is 0 Å². The van der Waals surface area contributed by atoms with Crippen LogP contribution >= 0.6 is 0 Å². The number of allylic oxidation sites excluding steroid dienone is 1. The van der Waals surface area contributed by atoms with Crippen LogP contribution in [0.25, 0.3) is 0 Å². The van der Waals surface area contributed by atoms with Crippen molar-refractivity contribution < 1.29 is 29.0 Å². The Balaban J connectivity index is 1.92. The molecule has 8 nitrogen and oxygen atoms in total. The van der Waals surface area contributed by atoms with Gasteiger partial charge in [0.2, 0.25) is 11.8 Å². The number of carbonyl (C=O) groups is 3. The SMILES string of the molecule is C=CCCCCOC(=O)[C@@H]1[C@H]2C(=O)N(CCCCCCO)C(C(=O)N(CC=C)CCCCC)C23CC(C)[C@@]1(C)O3. The number of fused-ring (bicyclic) bond motifs is 1. The molecule has 0 aromatic carbocycles. The Labute approximate surface area is 241 Å². The van der Waals surface area contributed by atoms with E-state index in [1.807, 2.05) is 17.9 Å². The van der Waals surface area contributed by atoms with E-state index in [0.29, 0.717) is 39.1 Å². The maximum absolute atomic E-state index is 14.4. The normalized spacial score (nSPS) is 30.4. The minimum Gasteiger partial charge on any atom is -0.465 e. The van der Waals surface area contributed by atoms with Crippen LogP contribution in [-0.2, 0) is 23.9 Å². The summed E-state index contributed by atoms with van der Waals surface area (Å²) in [4.78, 5) is 45.7. The molecule has 3 aliphatic rings. The van der Waals surface area contributed by atoms with Crippen LogP contribution in [0.3, 0.4) is 0 Å². The molecule has 40 heavy (non-hydrogen) atoms. The van der Waals surface area contributed by atoms with E-state index in [2.05, 4.69) is 27.0 Å². The van der Waals surface area contributed by atoms with Crippen molar-refractivity contribution in [2.75, 3.05) is 32.8 Å². The number of unbranched alkanes of at least 4 members (excludes halogenated alkanes) is 7. The number of hydrogen-bond acceptors (Lipinski definition) is 6. The number of amides is 2. The summed E-state index contributed by atoms with van der Waals surface area (Å²) in [6, 6.07) is -0.779. The number of esters is 1. The van der Waals surface area contributed by atoms with E-state index < -0.39 is 35.0 Å². The fourth-order valence-electron chi connectivity index (χ4n) is 7.19. The third-order valence-corrected chi connectivity index (χ3v) is 9.35. The smallest absolute Gasteiger partial charge is 0.312 e. The molecule has 0 radical (unpaired) electrons. The molecule has 3 rings (SSSR count). The molecule has 8 heteroatoms. The molecule has 3 saturated heterocycles. The van der Waals surface area contributed by atoms with Gasteiger partial charge in [0.05, 0.1) is 18.1 Å². The van der Waals surface area contributed by atoms with Crippen LogP contribution in [0.1, 0.15) is 91.4 Å². The highest BCUT2D eigenvalue weighted by Gasteiger charge is 2.80. The van der Waals surface area contributed by atoms with Gasteiger partial charge in [0.1, 0.15) is 17.6 Å². The maximum Gasteiger partial charge on any atom is 0.312 e. The lowest BCUT2D eigenvalue weighted by molar-refractivity contribution is -0.162. The molecule has 0 aromatic rings. The lowest BCUT2D eigenvalue weighted by atomic mass is 9.62. The molecule has 1 spiro atoms. The molecule has 0 aromatic heterocycles. The summed E-state index contributed by atoms with van der Waals surface area (Å²) in [5, 5.41) is 9.16. The van der Waals surface area contributed by atoms with Crippen molar-refractivity contribution in [2.45, 2.75) is 109 Å². The van der Waals surface area contributed by atoms with Crippen LogP contribution in [-0.4, -0.2) is 82.8 Å². The van der Waals surface area contributed by atoms with Crippen molar-refractivity contribution in [3.05, 3.63) is 25.3 Å². The lowest BCUT2D eigenvalue weighted by Crippen LogP contribution is -2.56. The summed E-state index contributed by atoms with van der Waals surface area (Å²) < 4.78 is 12.6. The van der Waals surface area contributed by atoms with Gasteiger partial charge in [0, 0.05) is 26.2 Å². The Morgan fingerprint density at radius 2 is 1.88 bits per heavy atom. The third-order valence-electron chi connectivity index (χ3n) is 9.35. The van der Waals surface area contributed by atoms with Crippen molar-refractivity contribution in [1.29, 1.82) is 0 Å². The largest absolute Gasteiger partial charge is 0.465 e. The van der Waals surface area contributed by atoms with Gasteiger partial charge >= 0.3 is 5.97 Å². The summed E-state index contributed by atoms with van der Waals surface area (Å²) in [6.07, 6.45) is 12.7. The number of hydrogen-bond donors (Lipinski definition) is 1. The number of carbonyl (C=O) groups excluding carboxylic acids is 3. The second-order valence-electron chi connectivity index (χ2n) is 12.1. The minimum atomic E-state index is -1.05. The van der Waals surface area contributed by atoms with Crippen LogP contribution in [0.5, 0.6) is 0 Å². The zero-order valence-electron chi connectivity index (χ0n) is 25.1. The summed E-state index contributed by atoms with van der Waals surface area (Å²) >= 11 is 0. The number of ether oxygens (including phenoxy) is 2. The number of aliphatic hydroxyl groups is 1. The van der Waals surface area contributed by atoms with Crippen LogP contribution in [0.15, 0.2) is 25.3 Å². The third kappa shape index (κ3) is 6.33. The molecule has 6 atom stereocenters. The maximum atomic E-state index is 14.4. The standard InChI is InChI=1S/C32H52N2O6/c1-6-9-11-17-22-39-30(38)26-25-28(36)34(20-15-12-13-16-21-35)27(32(25)23-24(4)31(26,5)40-32)29(37)33(18-8-3)19-14-10-7-2/h6,8,24-27,35H,1,3,7,9-23H2,2,4-5H3/t24?,25-,26-,27?,31+,32?/m0/s1. The Hall–Kier alpha value is -2.19. The topological polar surface area (TPSA) is 96.4 Å². The number of rotatable bonds is 19. The summed E-state index contributed by atoms with van der Waals surface area (Å²) in [6.45, 7) is 15.6. The fraction of sp³-hybridized carbons (Fsp3) is 0.781. The van der Waals surface area contributed by atoms with Gasteiger partial charge in [-0.15, -0.1) is 13.2 Å². The van der Waals surface area contributed by atoms with Crippen LogP contribution in [0.4, 0.5) is 0 Å². The zero-order valence-corrected chi connectivity index (χ0v) is 25.1. The molecule has 3 unspecified atom stereocenters. The quantitative estimate of drug-likeness (QED) is 0.140. The van der Waals surface area contributed by atoms with Gasteiger partial charge in [-0.25, -0.2) is 0 Å². The zero-order chi connectivity index (χ0) is 29.3. The van der Waals surface area contributed by atoms with E-state index in [1.165, 1.54) is 0 Å². The van der Waals surface area contributed by atoms with Gasteiger partial charge in [0.15, 0.2) is 0 Å². The molecule has 2 bridgehead atoms. The predicted molar refractivity (Wildman–Crippen MR) is 155 cm³/mol. The first-order chi connectivity index (χ1) is 19.2. The highest BCUT2D eigenvalue weighted by molar-refractivity contribution is 5.98. The van der Waals surface area contributed by atoms with E-state index in [0.717, 1.165) is 57.8 Å². The monoisotopic (exact) mass is 560 g/mol. The number of nitrogens with zero attached hydrogens (tertiary/aromatic N) is 2. The van der Waals surface area contributed by atoms with E-state index >= 15 is 0 Å². The molecule has 1 N–H and O–H groups in total. The molecule has 226 valence electrons. The highest BCUT2D eigenvalue weighted by atomic mass is 16.6. The first-order valence-electron chi connectivity index (χ1n) is 15.5. The fourth-order valence-corrected chi connectivity index (χ4v) is 7.19. The van der Waals surface area contributed by atoms with Gasteiger partial charge in [-0.2, -0.15) is 0 Å². The molecular weight excluding hydrogens is 508 g/mol. The van der Waals surface area contributed by atoms with E-state index in [9.17, 15) is 14.4 Å². The molecular formula is C32H52N2O6.